The number of allylic oxidation sites excluding steroid dienone is 5. The van der Waals surface area contributed by atoms with Crippen molar-refractivity contribution in [1.82, 2.24) is 0 Å². The molecule has 10 heavy (non-hydrogen) atoms. The molecule has 0 aromatic heterocycles. The van der Waals surface area contributed by atoms with Crippen molar-refractivity contribution < 1.29 is 9.47 Å². The second-order valence-corrected chi connectivity index (χ2v) is 1.92. The third-order valence-electron chi connectivity index (χ3n) is 1.08. The van der Waals surface area contributed by atoms with E-state index in [0.29, 0.717) is 6.79 Å². The third kappa shape index (κ3) is 2.40. The monoisotopic (exact) mass is 138 g/mol. The smallest absolute Gasteiger partial charge is 0.229 e. The van der Waals surface area contributed by atoms with Crippen molar-refractivity contribution in [1.29, 1.82) is 0 Å². The average molecular weight is 138 g/mol. The van der Waals surface area contributed by atoms with E-state index in [4.69, 9.17) is 9.47 Å². The van der Waals surface area contributed by atoms with Crippen LogP contribution >= 0.6 is 0 Å². The molecule has 0 saturated heterocycles. The molecule has 0 spiro atoms. The quantitative estimate of drug-likeness (QED) is 0.509. The van der Waals surface area contributed by atoms with Crippen molar-refractivity contribution >= 4 is 0 Å². The summed E-state index contributed by atoms with van der Waals surface area (Å²) in [4.78, 5) is 0. The second kappa shape index (κ2) is 3.77. The van der Waals surface area contributed by atoms with Gasteiger partial charge >= 0.3 is 0 Å². The minimum absolute atomic E-state index is 0.292. The fourth-order valence-electron chi connectivity index (χ4n) is 0.570. The molecule has 0 N–H and O–H groups in total. The minimum Gasteiger partial charge on any atom is -0.465 e. The molecular weight excluding hydrogens is 128 g/mol. The Balaban J connectivity index is 2.57. The summed E-state index contributed by atoms with van der Waals surface area (Å²) in [6.07, 6.45) is 9.10. The molecule has 0 atom stereocenters. The standard InChI is InChI=1S/C8H10O2/c1-8-5-3-2-4-6-9-7-10-8/h2-6H,7H2,1H3/b3-2-,6-4+,8-5+. The predicted molar refractivity (Wildman–Crippen MR) is 39.1 cm³/mol. The molecule has 0 aromatic rings. The van der Waals surface area contributed by atoms with E-state index in [-0.39, 0.29) is 0 Å². The van der Waals surface area contributed by atoms with E-state index in [9.17, 15) is 0 Å². The van der Waals surface area contributed by atoms with Gasteiger partial charge in [-0.15, -0.1) is 0 Å². The van der Waals surface area contributed by atoms with Crippen LogP contribution in [-0.2, 0) is 9.47 Å². The topological polar surface area (TPSA) is 18.5 Å². The van der Waals surface area contributed by atoms with Gasteiger partial charge in [0.05, 0.1) is 12.0 Å². The van der Waals surface area contributed by atoms with Gasteiger partial charge in [0.1, 0.15) is 0 Å². The highest BCUT2D eigenvalue weighted by molar-refractivity contribution is 5.12. The molecule has 2 heteroatoms. The van der Waals surface area contributed by atoms with Gasteiger partial charge in [0.2, 0.25) is 6.79 Å². The molecule has 0 fully saturated rings. The Hall–Kier alpha value is -1.18. The molecule has 0 amide bonds. The number of ether oxygens (including phenoxy) is 2. The highest BCUT2D eigenvalue weighted by atomic mass is 16.7. The maximum atomic E-state index is 5.10. The van der Waals surface area contributed by atoms with Crippen LogP contribution in [0.1, 0.15) is 6.92 Å². The van der Waals surface area contributed by atoms with E-state index in [1.807, 2.05) is 31.2 Å². The maximum absolute atomic E-state index is 5.10. The largest absolute Gasteiger partial charge is 0.465 e. The van der Waals surface area contributed by atoms with Crippen molar-refractivity contribution in [2.45, 2.75) is 6.92 Å². The van der Waals surface area contributed by atoms with E-state index in [2.05, 4.69) is 0 Å². The molecule has 0 unspecified atom stereocenters. The van der Waals surface area contributed by atoms with Gasteiger partial charge in [-0.2, -0.15) is 0 Å². The van der Waals surface area contributed by atoms with Crippen LogP contribution in [0.4, 0.5) is 0 Å². The van der Waals surface area contributed by atoms with Crippen molar-refractivity contribution in [3.63, 3.8) is 0 Å². The predicted octanol–water partition coefficient (Wildman–Crippen LogP) is 1.96. The summed E-state index contributed by atoms with van der Waals surface area (Å²) >= 11 is 0. The van der Waals surface area contributed by atoms with Gasteiger partial charge in [-0.1, -0.05) is 12.2 Å². The van der Waals surface area contributed by atoms with Crippen LogP contribution in [0, 0.1) is 0 Å². The van der Waals surface area contributed by atoms with Crippen LogP contribution in [0.15, 0.2) is 36.3 Å². The summed E-state index contributed by atoms with van der Waals surface area (Å²) in [5, 5.41) is 0. The molecule has 0 saturated carbocycles. The lowest BCUT2D eigenvalue weighted by atomic mass is 10.4. The lowest BCUT2D eigenvalue weighted by Gasteiger charge is -2.02. The van der Waals surface area contributed by atoms with Gasteiger partial charge in [-0.3, -0.25) is 0 Å². The molecular formula is C8H10O2. The van der Waals surface area contributed by atoms with Crippen molar-refractivity contribution in [2.24, 2.45) is 0 Å². The number of hydrogen-bond acceptors (Lipinski definition) is 2. The van der Waals surface area contributed by atoms with E-state index in [1.54, 1.807) is 6.26 Å². The Kier molecular flexibility index (Phi) is 2.62. The summed E-state index contributed by atoms with van der Waals surface area (Å²) in [5.41, 5.74) is 0. The van der Waals surface area contributed by atoms with Gasteiger partial charge in [-0.25, -0.2) is 0 Å². The third-order valence-corrected chi connectivity index (χ3v) is 1.08. The zero-order valence-corrected chi connectivity index (χ0v) is 5.91. The molecule has 1 aliphatic heterocycles. The van der Waals surface area contributed by atoms with Gasteiger partial charge < -0.3 is 9.47 Å². The van der Waals surface area contributed by atoms with Gasteiger partial charge in [0, 0.05) is 0 Å². The minimum atomic E-state index is 0.292. The lowest BCUT2D eigenvalue weighted by Crippen LogP contribution is -1.91. The highest BCUT2D eigenvalue weighted by Crippen LogP contribution is 1.98. The first kappa shape index (κ1) is 6.93. The van der Waals surface area contributed by atoms with Crippen molar-refractivity contribution in [2.75, 3.05) is 6.79 Å². The molecule has 0 bridgehead atoms. The van der Waals surface area contributed by atoms with E-state index < -0.39 is 0 Å². The van der Waals surface area contributed by atoms with Crippen LogP contribution in [0.5, 0.6) is 0 Å². The van der Waals surface area contributed by atoms with Crippen LogP contribution < -0.4 is 0 Å². The SMILES string of the molecule is C\C1=C/C=C\C=C\OCO1. The molecule has 0 radical (unpaired) electrons. The second-order valence-electron chi connectivity index (χ2n) is 1.92. The van der Waals surface area contributed by atoms with E-state index >= 15 is 0 Å². The molecule has 2 nitrogen and oxygen atoms in total. The van der Waals surface area contributed by atoms with Crippen molar-refractivity contribution in [3.8, 4) is 0 Å². The van der Waals surface area contributed by atoms with Gasteiger partial charge in [0.15, 0.2) is 0 Å². The van der Waals surface area contributed by atoms with Crippen LogP contribution in [0.25, 0.3) is 0 Å². The average Bonchev–Trinajstić information content (AvgIpc) is 2.02. The molecule has 54 valence electrons. The zero-order chi connectivity index (χ0) is 7.23. The Bertz CT molecular complexity index is 178. The number of hydrogen-bond donors (Lipinski definition) is 0. The Labute approximate surface area is 60.4 Å². The molecule has 1 aliphatic rings. The van der Waals surface area contributed by atoms with Crippen LogP contribution in [-0.4, -0.2) is 6.79 Å². The molecule has 0 aliphatic carbocycles. The first-order chi connectivity index (χ1) is 4.89. The van der Waals surface area contributed by atoms with Gasteiger partial charge in [0.25, 0.3) is 0 Å². The van der Waals surface area contributed by atoms with E-state index in [1.165, 1.54) is 0 Å². The normalized spacial score (nSPS) is 29.1. The van der Waals surface area contributed by atoms with E-state index in [0.717, 1.165) is 5.76 Å². The Morgan fingerprint density at radius 2 is 2.20 bits per heavy atom. The van der Waals surface area contributed by atoms with Crippen LogP contribution in [0.2, 0.25) is 0 Å². The van der Waals surface area contributed by atoms with Crippen molar-refractivity contribution in [3.05, 3.63) is 36.3 Å². The maximum Gasteiger partial charge on any atom is 0.229 e. The highest BCUT2D eigenvalue weighted by Gasteiger charge is 1.86. The first-order valence-electron chi connectivity index (χ1n) is 3.14. The number of rotatable bonds is 0. The molecule has 1 heterocycles. The molecule has 1 rings (SSSR count). The summed E-state index contributed by atoms with van der Waals surface area (Å²) < 4.78 is 10.0. The van der Waals surface area contributed by atoms with Gasteiger partial charge in [-0.05, 0) is 19.1 Å². The fraction of sp³-hybridized carbons (Fsp3) is 0.250. The summed E-state index contributed by atoms with van der Waals surface area (Å²) in [7, 11) is 0. The Morgan fingerprint density at radius 1 is 1.30 bits per heavy atom. The fourth-order valence-corrected chi connectivity index (χ4v) is 0.570. The summed E-state index contributed by atoms with van der Waals surface area (Å²) in [5.74, 6) is 0.861. The first-order valence-corrected chi connectivity index (χ1v) is 3.14. The molecule has 0 aromatic carbocycles. The summed E-state index contributed by atoms with van der Waals surface area (Å²) in [6, 6.07) is 0. The Morgan fingerprint density at radius 3 is 3.10 bits per heavy atom. The summed E-state index contributed by atoms with van der Waals surface area (Å²) in [6.45, 7) is 2.18. The zero-order valence-electron chi connectivity index (χ0n) is 5.91. The lowest BCUT2D eigenvalue weighted by molar-refractivity contribution is 0.0300. The van der Waals surface area contributed by atoms with Crippen LogP contribution in [0.3, 0.4) is 0 Å².